The van der Waals surface area contributed by atoms with Gasteiger partial charge in [0.1, 0.15) is 18.2 Å². The number of thioether (sulfide) groups is 1. The third-order valence-electron chi connectivity index (χ3n) is 9.03. The average molecular weight is 828 g/mol. The SMILES string of the molecule is CN(CCCNc1nc(Nc2ccc(OCCOCCOCCOCCCc3ccc(SC4CCC(=O)NC4=O)cc3)cc2)ncc1Br)C(=O)C1CCC1. The van der Waals surface area contributed by atoms with Crippen molar-refractivity contribution in [3.8, 4) is 5.75 Å². The maximum absolute atomic E-state index is 12.3. The number of rotatable bonds is 24. The summed E-state index contributed by atoms with van der Waals surface area (Å²) in [5.74, 6) is 1.99. The summed E-state index contributed by atoms with van der Waals surface area (Å²) in [6, 6.07) is 15.8. The number of halogens is 1. The van der Waals surface area contributed by atoms with Gasteiger partial charge >= 0.3 is 0 Å². The van der Waals surface area contributed by atoms with Gasteiger partial charge in [0, 0.05) is 55.9 Å². The van der Waals surface area contributed by atoms with Gasteiger partial charge in [-0.1, -0.05) is 18.6 Å². The fourth-order valence-electron chi connectivity index (χ4n) is 5.74. The summed E-state index contributed by atoms with van der Waals surface area (Å²) in [7, 11) is 1.88. The van der Waals surface area contributed by atoms with Crippen LogP contribution < -0.4 is 20.7 Å². The normalized spacial score (nSPS) is 15.7. The van der Waals surface area contributed by atoms with Crippen LogP contribution in [0.15, 0.2) is 64.1 Å². The van der Waals surface area contributed by atoms with E-state index in [0.717, 1.165) is 59.3 Å². The number of hydrogen-bond donors (Lipinski definition) is 3. The molecular weight excluding hydrogens is 776 g/mol. The number of carbonyl (C=O) groups is 3. The quantitative estimate of drug-likeness (QED) is 0.0718. The van der Waals surface area contributed by atoms with Gasteiger partial charge in [0.05, 0.1) is 42.8 Å². The van der Waals surface area contributed by atoms with Crippen LogP contribution in [0.4, 0.5) is 17.5 Å². The molecule has 0 radical (unpaired) electrons. The molecule has 292 valence electrons. The number of benzene rings is 2. The minimum absolute atomic E-state index is 0.189. The second-order valence-corrected chi connectivity index (χ2v) is 15.3. The molecule has 54 heavy (non-hydrogen) atoms. The molecule has 1 saturated carbocycles. The summed E-state index contributed by atoms with van der Waals surface area (Å²) in [5.41, 5.74) is 2.05. The minimum atomic E-state index is -0.214. The number of aryl methyl sites for hydroxylation is 1. The summed E-state index contributed by atoms with van der Waals surface area (Å²) in [4.78, 5) is 47.5. The third-order valence-corrected chi connectivity index (χ3v) is 10.9. The van der Waals surface area contributed by atoms with E-state index in [2.05, 4.69) is 54.0 Å². The Morgan fingerprint density at radius 3 is 2.31 bits per heavy atom. The van der Waals surface area contributed by atoms with Gasteiger partial charge in [-0.05, 0) is 96.4 Å². The predicted octanol–water partition coefficient (Wildman–Crippen LogP) is 6.00. The number of imide groups is 1. The predicted molar refractivity (Wildman–Crippen MR) is 212 cm³/mol. The number of amides is 3. The van der Waals surface area contributed by atoms with Crippen LogP contribution in [-0.2, 0) is 35.0 Å². The van der Waals surface area contributed by atoms with Gasteiger partial charge in [-0.25, -0.2) is 4.98 Å². The zero-order valence-corrected chi connectivity index (χ0v) is 33.3. The zero-order chi connectivity index (χ0) is 38.0. The molecule has 1 saturated heterocycles. The van der Waals surface area contributed by atoms with Crippen molar-refractivity contribution < 1.29 is 33.3 Å². The largest absolute Gasteiger partial charge is 0.491 e. The second kappa shape index (κ2) is 22.6. The Morgan fingerprint density at radius 1 is 0.926 bits per heavy atom. The lowest BCUT2D eigenvalue weighted by Gasteiger charge is -2.29. The molecule has 1 aliphatic heterocycles. The van der Waals surface area contributed by atoms with Crippen LogP contribution in [0.5, 0.6) is 5.75 Å². The van der Waals surface area contributed by atoms with Crippen LogP contribution in [0.3, 0.4) is 0 Å². The number of hydrogen-bond acceptors (Lipinski definition) is 12. The maximum atomic E-state index is 12.3. The molecule has 2 aliphatic rings. The molecule has 2 heterocycles. The lowest BCUT2D eigenvalue weighted by molar-refractivity contribution is -0.137. The van der Waals surface area contributed by atoms with Crippen molar-refractivity contribution in [1.82, 2.24) is 20.2 Å². The molecule has 0 bridgehead atoms. The first-order valence-electron chi connectivity index (χ1n) is 18.7. The van der Waals surface area contributed by atoms with Crippen LogP contribution in [0.1, 0.15) is 50.5 Å². The first-order valence-corrected chi connectivity index (χ1v) is 20.3. The molecule has 2 fully saturated rings. The van der Waals surface area contributed by atoms with Crippen molar-refractivity contribution in [3.05, 3.63) is 64.8 Å². The fourth-order valence-corrected chi connectivity index (χ4v) is 7.09. The fraction of sp³-hybridized carbons (Fsp3) is 0.513. The minimum Gasteiger partial charge on any atom is -0.491 e. The molecule has 3 N–H and O–H groups in total. The summed E-state index contributed by atoms with van der Waals surface area (Å²) in [6.45, 7) is 4.93. The molecular formula is C39H51BrN6O7S. The molecule has 13 nitrogen and oxygen atoms in total. The van der Waals surface area contributed by atoms with Crippen LogP contribution in [0.25, 0.3) is 0 Å². The summed E-state index contributed by atoms with van der Waals surface area (Å²) >= 11 is 5.02. The molecule has 3 aromatic rings. The average Bonchev–Trinajstić information content (AvgIpc) is 3.15. The standard InChI is InChI=1S/C39H51BrN6O7S/c1-46(38(49)29-6-2-7-29)19-4-18-41-36-33(40)27-42-39(45-36)43-30-10-12-31(13-11-30)53-26-25-52-24-23-51-22-21-50-20-3-5-28-8-14-32(15-9-28)54-34-16-17-35(47)44-37(34)48/h8-15,27,29,34H,2-7,16-26H2,1H3,(H,44,47,48)(H2,41,42,43,45). The number of aromatic nitrogens is 2. The van der Waals surface area contributed by atoms with Gasteiger partial charge < -0.3 is 34.5 Å². The number of piperidine rings is 1. The Balaban J connectivity index is 0.841. The molecule has 1 aromatic heterocycles. The Labute approximate surface area is 330 Å². The summed E-state index contributed by atoms with van der Waals surface area (Å²) < 4.78 is 23.5. The highest BCUT2D eigenvalue weighted by Crippen LogP contribution is 2.29. The second-order valence-electron chi connectivity index (χ2n) is 13.2. The highest BCUT2D eigenvalue weighted by atomic mass is 79.9. The third kappa shape index (κ3) is 14.1. The van der Waals surface area contributed by atoms with Gasteiger partial charge in [-0.2, -0.15) is 4.98 Å². The van der Waals surface area contributed by atoms with Crippen molar-refractivity contribution in [2.75, 3.05) is 77.0 Å². The van der Waals surface area contributed by atoms with E-state index in [1.807, 2.05) is 48.3 Å². The molecule has 3 amide bonds. The van der Waals surface area contributed by atoms with E-state index >= 15 is 0 Å². The van der Waals surface area contributed by atoms with E-state index in [4.69, 9.17) is 18.9 Å². The zero-order valence-electron chi connectivity index (χ0n) is 30.9. The molecule has 15 heteroatoms. The number of ether oxygens (including phenoxy) is 4. The Kier molecular flexibility index (Phi) is 17.3. The van der Waals surface area contributed by atoms with Crippen molar-refractivity contribution >= 4 is 62.9 Å². The monoisotopic (exact) mass is 826 g/mol. The van der Waals surface area contributed by atoms with Gasteiger partial charge in [-0.15, -0.1) is 11.8 Å². The van der Waals surface area contributed by atoms with Crippen LogP contribution >= 0.6 is 27.7 Å². The Hall–Kier alpha value is -3.76. The molecule has 5 rings (SSSR count). The van der Waals surface area contributed by atoms with E-state index in [0.29, 0.717) is 83.9 Å². The van der Waals surface area contributed by atoms with Crippen LogP contribution in [0.2, 0.25) is 0 Å². The van der Waals surface area contributed by atoms with Gasteiger partial charge in [-0.3, -0.25) is 19.7 Å². The highest BCUT2D eigenvalue weighted by molar-refractivity contribution is 9.10. The van der Waals surface area contributed by atoms with E-state index in [1.165, 1.54) is 17.3 Å². The summed E-state index contributed by atoms with van der Waals surface area (Å²) in [5, 5.41) is 8.76. The van der Waals surface area contributed by atoms with Crippen molar-refractivity contribution in [2.24, 2.45) is 5.92 Å². The number of carbonyl (C=O) groups excluding carboxylic acids is 3. The lowest BCUT2D eigenvalue weighted by Crippen LogP contribution is -2.42. The summed E-state index contributed by atoms with van der Waals surface area (Å²) in [6.07, 6.45) is 8.52. The first kappa shape index (κ1) is 41.4. The van der Waals surface area contributed by atoms with Gasteiger partial charge in [0.25, 0.3) is 0 Å². The van der Waals surface area contributed by atoms with Crippen LogP contribution in [0, 0.1) is 5.92 Å². The van der Waals surface area contributed by atoms with Gasteiger partial charge in [0.2, 0.25) is 23.7 Å². The number of anilines is 3. The molecule has 1 aliphatic carbocycles. The Morgan fingerprint density at radius 2 is 1.63 bits per heavy atom. The molecule has 2 aromatic carbocycles. The molecule has 1 atom stereocenters. The topological polar surface area (TPSA) is 153 Å². The van der Waals surface area contributed by atoms with Gasteiger partial charge in [0.15, 0.2) is 0 Å². The van der Waals surface area contributed by atoms with E-state index in [9.17, 15) is 14.4 Å². The van der Waals surface area contributed by atoms with E-state index in [1.54, 1.807) is 6.20 Å². The van der Waals surface area contributed by atoms with Crippen molar-refractivity contribution in [3.63, 3.8) is 0 Å². The van der Waals surface area contributed by atoms with Crippen molar-refractivity contribution in [2.45, 2.75) is 61.5 Å². The van der Waals surface area contributed by atoms with E-state index in [-0.39, 0.29) is 28.9 Å². The number of nitrogens with one attached hydrogen (secondary N) is 3. The first-order chi connectivity index (χ1) is 26.3. The molecule has 1 unspecified atom stereocenters. The number of nitrogens with zero attached hydrogens (tertiary/aromatic N) is 3. The Bertz CT molecular complexity index is 1630. The van der Waals surface area contributed by atoms with Crippen LogP contribution in [-0.4, -0.2) is 104 Å². The lowest BCUT2D eigenvalue weighted by atomic mass is 9.84. The van der Waals surface area contributed by atoms with Crippen molar-refractivity contribution in [1.29, 1.82) is 0 Å². The maximum Gasteiger partial charge on any atom is 0.240 e. The smallest absolute Gasteiger partial charge is 0.240 e. The van der Waals surface area contributed by atoms with E-state index < -0.39 is 0 Å². The molecule has 0 spiro atoms. The highest BCUT2D eigenvalue weighted by Gasteiger charge is 2.28.